The van der Waals surface area contributed by atoms with Crippen molar-refractivity contribution in [3.63, 3.8) is 0 Å². The third-order valence-electron chi connectivity index (χ3n) is 3.46. The first-order valence-electron chi connectivity index (χ1n) is 6.98. The highest BCUT2D eigenvalue weighted by atomic mass is 16.4. The molecule has 2 saturated heterocycles. The molecular formula is C13H24N2O4. The Balaban J connectivity index is 0.000000191. The summed E-state index contributed by atoms with van der Waals surface area (Å²) in [6, 6.07) is -0.350. The Morgan fingerprint density at radius 3 is 1.79 bits per heavy atom. The quantitative estimate of drug-likeness (QED) is 0.573. The molecule has 2 heterocycles. The maximum absolute atomic E-state index is 10.9. The molecule has 110 valence electrons. The smallest absolute Gasteiger partial charge is 0.320 e. The Kier molecular flexibility index (Phi) is 7.62. The number of aliphatic hydroxyl groups is 1. The molecule has 0 bridgehead atoms. The van der Waals surface area contributed by atoms with Crippen LogP contribution in [0.2, 0.25) is 0 Å². The van der Waals surface area contributed by atoms with E-state index in [1.807, 2.05) is 0 Å². The minimum atomic E-state index is -0.713. The molecule has 0 amide bonds. The molecule has 2 fully saturated rings. The fourth-order valence-electron chi connectivity index (χ4n) is 2.30. The lowest BCUT2D eigenvalue weighted by atomic mass is 10.0. The summed E-state index contributed by atoms with van der Waals surface area (Å²) in [5, 5.41) is 23.0. The standard InChI is InChI=1S/C7H13NO2.C6H11NO2/c9-5-7(10)6-3-1-2-4-8-6;8-6(9)5-3-1-2-4-7-5/h6,8-9H,1-5H2;5,7H,1-4H2,(H,8,9)/t6-;5-/m11/s1. The van der Waals surface area contributed by atoms with Crippen LogP contribution in [-0.2, 0) is 9.59 Å². The van der Waals surface area contributed by atoms with Crippen molar-refractivity contribution >= 4 is 11.8 Å². The van der Waals surface area contributed by atoms with E-state index in [1.165, 1.54) is 0 Å². The van der Waals surface area contributed by atoms with Gasteiger partial charge in [0, 0.05) is 0 Å². The van der Waals surface area contributed by atoms with Gasteiger partial charge in [0.15, 0.2) is 5.78 Å². The second kappa shape index (κ2) is 9.01. The van der Waals surface area contributed by atoms with Gasteiger partial charge in [0.1, 0.15) is 12.6 Å². The van der Waals surface area contributed by atoms with Gasteiger partial charge < -0.3 is 20.8 Å². The molecule has 0 radical (unpaired) electrons. The highest BCUT2D eigenvalue weighted by Crippen LogP contribution is 2.07. The van der Waals surface area contributed by atoms with Crippen LogP contribution in [0.25, 0.3) is 0 Å². The number of carboxylic acid groups (broad SMARTS) is 1. The molecule has 2 aliphatic rings. The lowest BCUT2D eigenvalue weighted by Gasteiger charge is -2.20. The first-order valence-corrected chi connectivity index (χ1v) is 6.98. The summed E-state index contributed by atoms with van der Waals surface area (Å²) in [5.41, 5.74) is 0. The minimum Gasteiger partial charge on any atom is -0.480 e. The summed E-state index contributed by atoms with van der Waals surface area (Å²) < 4.78 is 0. The fourth-order valence-corrected chi connectivity index (χ4v) is 2.30. The number of piperidine rings is 2. The summed E-state index contributed by atoms with van der Waals surface area (Å²) in [6.07, 6.45) is 6.08. The van der Waals surface area contributed by atoms with Gasteiger partial charge in [-0.05, 0) is 38.8 Å². The van der Waals surface area contributed by atoms with Gasteiger partial charge in [0.2, 0.25) is 0 Å². The van der Waals surface area contributed by atoms with Gasteiger partial charge in [-0.2, -0.15) is 0 Å². The number of carbonyl (C=O) groups is 2. The summed E-state index contributed by atoms with van der Waals surface area (Å²) in [4.78, 5) is 21.1. The van der Waals surface area contributed by atoms with Crippen LogP contribution in [0.5, 0.6) is 0 Å². The Bertz CT molecular complexity index is 284. The average Bonchev–Trinajstić information content (AvgIpc) is 2.49. The largest absolute Gasteiger partial charge is 0.480 e. The molecule has 2 atom stereocenters. The number of ketones is 1. The van der Waals surface area contributed by atoms with E-state index in [0.717, 1.165) is 51.6 Å². The van der Waals surface area contributed by atoms with Crippen molar-refractivity contribution in [1.29, 1.82) is 0 Å². The number of nitrogens with one attached hydrogen (secondary N) is 2. The third kappa shape index (κ3) is 6.13. The monoisotopic (exact) mass is 272 g/mol. The molecule has 0 aliphatic carbocycles. The van der Waals surface area contributed by atoms with E-state index in [-0.39, 0.29) is 24.5 Å². The predicted octanol–water partition coefficient (Wildman–Crippen LogP) is -0.0970. The van der Waals surface area contributed by atoms with Crippen molar-refractivity contribution in [1.82, 2.24) is 10.6 Å². The molecule has 0 aromatic rings. The first kappa shape index (κ1) is 16.1. The molecule has 0 spiro atoms. The van der Waals surface area contributed by atoms with E-state index in [1.54, 1.807) is 0 Å². The molecule has 0 saturated carbocycles. The van der Waals surface area contributed by atoms with E-state index < -0.39 is 5.97 Å². The highest BCUT2D eigenvalue weighted by Gasteiger charge is 2.19. The SMILES string of the molecule is O=C(CO)[C@H]1CCCCN1.O=C(O)[C@H]1CCCCN1. The normalized spacial score (nSPS) is 27.0. The number of aliphatic hydroxyl groups excluding tert-OH is 1. The number of rotatable bonds is 3. The van der Waals surface area contributed by atoms with Crippen LogP contribution in [0, 0.1) is 0 Å². The number of aliphatic carboxylic acids is 1. The number of carbonyl (C=O) groups excluding carboxylic acids is 1. The number of Topliss-reactive ketones (excluding diaryl/α,β-unsaturated/α-hetero) is 1. The van der Waals surface area contributed by atoms with Crippen LogP contribution < -0.4 is 10.6 Å². The second-order valence-electron chi connectivity index (χ2n) is 4.97. The van der Waals surface area contributed by atoms with Crippen molar-refractivity contribution in [3.05, 3.63) is 0 Å². The van der Waals surface area contributed by atoms with Crippen LogP contribution in [0.4, 0.5) is 0 Å². The van der Waals surface area contributed by atoms with Crippen LogP contribution in [0.15, 0.2) is 0 Å². The van der Waals surface area contributed by atoms with Crippen LogP contribution in [-0.4, -0.2) is 53.7 Å². The van der Waals surface area contributed by atoms with Crippen LogP contribution in [0.1, 0.15) is 38.5 Å². The van der Waals surface area contributed by atoms with Gasteiger partial charge in [-0.25, -0.2) is 0 Å². The molecule has 2 aliphatic heterocycles. The molecule has 0 unspecified atom stereocenters. The van der Waals surface area contributed by atoms with Crippen molar-refractivity contribution in [3.8, 4) is 0 Å². The Labute approximate surface area is 113 Å². The van der Waals surface area contributed by atoms with Gasteiger partial charge in [-0.15, -0.1) is 0 Å². The predicted molar refractivity (Wildman–Crippen MR) is 71.0 cm³/mol. The van der Waals surface area contributed by atoms with Crippen molar-refractivity contribution in [2.24, 2.45) is 0 Å². The van der Waals surface area contributed by atoms with Gasteiger partial charge in [-0.1, -0.05) is 12.8 Å². The lowest BCUT2D eigenvalue weighted by molar-refractivity contribution is -0.140. The van der Waals surface area contributed by atoms with Crippen molar-refractivity contribution in [2.75, 3.05) is 19.7 Å². The van der Waals surface area contributed by atoms with Crippen molar-refractivity contribution in [2.45, 2.75) is 50.6 Å². The van der Waals surface area contributed by atoms with E-state index in [2.05, 4.69) is 10.6 Å². The molecule has 2 rings (SSSR count). The molecular weight excluding hydrogens is 248 g/mol. The van der Waals surface area contributed by atoms with Gasteiger partial charge >= 0.3 is 5.97 Å². The Hall–Kier alpha value is -0.980. The zero-order chi connectivity index (χ0) is 14.1. The second-order valence-corrected chi connectivity index (χ2v) is 4.97. The highest BCUT2D eigenvalue weighted by molar-refractivity contribution is 5.84. The van der Waals surface area contributed by atoms with E-state index in [0.29, 0.717) is 0 Å². The van der Waals surface area contributed by atoms with Crippen molar-refractivity contribution < 1.29 is 19.8 Å². The zero-order valence-electron chi connectivity index (χ0n) is 11.2. The lowest BCUT2D eigenvalue weighted by Crippen LogP contribution is -2.41. The summed E-state index contributed by atoms with van der Waals surface area (Å²) >= 11 is 0. The number of hydrogen-bond donors (Lipinski definition) is 4. The van der Waals surface area contributed by atoms with E-state index in [9.17, 15) is 9.59 Å². The van der Waals surface area contributed by atoms with Gasteiger partial charge in [0.25, 0.3) is 0 Å². The molecule has 0 aromatic heterocycles. The number of carboxylic acids is 1. The van der Waals surface area contributed by atoms with Crippen LogP contribution in [0.3, 0.4) is 0 Å². The Morgan fingerprint density at radius 1 is 0.947 bits per heavy atom. The molecule has 6 nitrogen and oxygen atoms in total. The molecule has 0 aromatic carbocycles. The first-order chi connectivity index (χ1) is 9.15. The van der Waals surface area contributed by atoms with E-state index in [4.69, 9.17) is 10.2 Å². The van der Waals surface area contributed by atoms with Crippen LogP contribution >= 0.6 is 0 Å². The maximum Gasteiger partial charge on any atom is 0.320 e. The zero-order valence-corrected chi connectivity index (χ0v) is 11.2. The molecule has 4 N–H and O–H groups in total. The molecule has 6 heteroatoms. The number of hydrogen-bond acceptors (Lipinski definition) is 5. The molecule has 19 heavy (non-hydrogen) atoms. The Morgan fingerprint density at radius 2 is 1.47 bits per heavy atom. The minimum absolute atomic E-state index is 0.0697. The van der Waals surface area contributed by atoms with E-state index >= 15 is 0 Å². The van der Waals surface area contributed by atoms with Gasteiger partial charge in [0.05, 0.1) is 6.04 Å². The average molecular weight is 272 g/mol. The fraction of sp³-hybridized carbons (Fsp3) is 0.846. The topological polar surface area (TPSA) is 98.7 Å². The summed E-state index contributed by atoms with van der Waals surface area (Å²) in [6.45, 7) is 1.45. The summed E-state index contributed by atoms with van der Waals surface area (Å²) in [7, 11) is 0. The maximum atomic E-state index is 10.9. The summed E-state index contributed by atoms with van der Waals surface area (Å²) in [5.74, 6) is -0.783. The third-order valence-corrected chi connectivity index (χ3v) is 3.46. The van der Waals surface area contributed by atoms with Gasteiger partial charge in [-0.3, -0.25) is 9.59 Å².